The van der Waals surface area contributed by atoms with Crippen LogP contribution in [0, 0.1) is 11.3 Å². The number of nitrogens with two attached hydrogens (primary N) is 1. The zero-order valence-electron chi connectivity index (χ0n) is 12.4. The zero-order valence-corrected chi connectivity index (χ0v) is 12.4. The Bertz CT molecular complexity index is 185. The van der Waals surface area contributed by atoms with Crippen LogP contribution in [-0.2, 0) is 0 Å². The van der Waals surface area contributed by atoms with Crippen LogP contribution in [0.5, 0.6) is 0 Å². The van der Waals surface area contributed by atoms with Crippen molar-refractivity contribution in [2.75, 3.05) is 26.7 Å². The Kier molecular flexibility index (Phi) is 9.89. The molecule has 0 saturated carbocycles. The van der Waals surface area contributed by atoms with E-state index in [0.717, 1.165) is 19.6 Å². The highest BCUT2D eigenvalue weighted by molar-refractivity contribution is 5.05. The largest absolute Gasteiger partial charge is 0.329 e. The van der Waals surface area contributed by atoms with Gasteiger partial charge in [-0.3, -0.25) is 0 Å². The minimum atomic E-state index is 0.211. The van der Waals surface area contributed by atoms with Crippen molar-refractivity contribution in [3.63, 3.8) is 0 Å². The van der Waals surface area contributed by atoms with E-state index in [0.29, 0.717) is 5.92 Å². The summed E-state index contributed by atoms with van der Waals surface area (Å²) in [5.74, 6) is 0.608. The highest BCUT2D eigenvalue weighted by atomic mass is 15.1. The normalized spacial score (nSPS) is 13.1. The van der Waals surface area contributed by atoms with Crippen LogP contribution in [0.3, 0.4) is 0 Å². The number of allylic oxidation sites excluding steroid dienone is 1. The van der Waals surface area contributed by atoms with Crippen LogP contribution in [0.25, 0.3) is 0 Å². The van der Waals surface area contributed by atoms with Crippen molar-refractivity contribution in [3.05, 3.63) is 12.2 Å². The summed E-state index contributed by atoms with van der Waals surface area (Å²) >= 11 is 0. The monoisotopic (exact) mass is 228 g/mol. The lowest BCUT2D eigenvalue weighted by molar-refractivity contribution is 0.200. The molecular weight excluding hydrogens is 196 g/mol. The second kappa shape index (κ2) is 8.77. The summed E-state index contributed by atoms with van der Waals surface area (Å²) in [7, 11) is 2.12. The highest BCUT2D eigenvalue weighted by Crippen LogP contribution is 2.33. The van der Waals surface area contributed by atoms with E-state index in [1.807, 2.05) is 13.8 Å². The first-order chi connectivity index (χ1) is 7.32. The van der Waals surface area contributed by atoms with Crippen LogP contribution in [0.1, 0.15) is 41.5 Å². The predicted octanol–water partition coefficient (Wildman–Crippen LogP) is 3.14. The molecule has 0 saturated heterocycles. The van der Waals surface area contributed by atoms with Gasteiger partial charge in [-0.2, -0.15) is 0 Å². The first kappa shape index (κ1) is 18.0. The number of hydrogen-bond acceptors (Lipinski definition) is 2. The Morgan fingerprint density at radius 3 is 2.12 bits per heavy atom. The van der Waals surface area contributed by atoms with Crippen LogP contribution in [0.15, 0.2) is 12.2 Å². The summed E-state index contributed by atoms with van der Waals surface area (Å²) in [6, 6.07) is 0. The van der Waals surface area contributed by atoms with E-state index in [4.69, 9.17) is 5.73 Å². The maximum atomic E-state index is 5.51. The Labute approximate surface area is 103 Å². The fourth-order valence-electron chi connectivity index (χ4n) is 1.43. The van der Waals surface area contributed by atoms with Gasteiger partial charge in [-0.05, 0) is 25.3 Å². The molecule has 0 aliphatic carbocycles. The molecule has 0 amide bonds. The summed E-state index contributed by atoms with van der Waals surface area (Å²) in [5, 5.41) is 0. The third-order valence-corrected chi connectivity index (χ3v) is 3.43. The second-order valence-electron chi connectivity index (χ2n) is 4.95. The van der Waals surface area contributed by atoms with Gasteiger partial charge in [0.25, 0.3) is 0 Å². The van der Waals surface area contributed by atoms with Crippen molar-refractivity contribution in [2.45, 2.75) is 41.5 Å². The Morgan fingerprint density at radius 1 is 1.38 bits per heavy atom. The topological polar surface area (TPSA) is 29.3 Å². The molecule has 2 N–H and O–H groups in total. The van der Waals surface area contributed by atoms with E-state index in [-0.39, 0.29) is 5.41 Å². The molecule has 1 atom stereocenters. The first-order valence-electron chi connectivity index (χ1n) is 6.37. The molecule has 98 valence electrons. The Morgan fingerprint density at radius 2 is 1.81 bits per heavy atom. The smallest absolute Gasteiger partial charge is 0.0102 e. The standard InChI is InChI=1S/C12H26N2.C2H6/c1-10(2)12(4,5)11(3)9-14(6)8-7-13;1-2/h11H,1,7-9,13H2,2-6H3;1-2H3. The zero-order chi connectivity index (χ0) is 13.4. The van der Waals surface area contributed by atoms with Crippen LogP contribution in [0.2, 0.25) is 0 Å². The Balaban J connectivity index is 0. The van der Waals surface area contributed by atoms with Gasteiger partial charge in [-0.1, -0.05) is 46.8 Å². The van der Waals surface area contributed by atoms with E-state index < -0.39 is 0 Å². The van der Waals surface area contributed by atoms with Gasteiger partial charge in [0.1, 0.15) is 0 Å². The van der Waals surface area contributed by atoms with E-state index >= 15 is 0 Å². The van der Waals surface area contributed by atoms with E-state index in [9.17, 15) is 0 Å². The molecule has 2 heteroatoms. The molecule has 0 spiro atoms. The SMILES string of the molecule is C=C(C)C(C)(C)C(C)CN(C)CCN.CC. The second-order valence-corrected chi connectivity index (χ2v) is 4.95. The summed E-state index contributed by atoms with van der Waals surface area (Å²) in [6.45, 7) is 19.8. The van der Waals surface area contributed by atoms with Gasteiger partial charge in [-0.15, -0.1) is 0 Å². The van der Waals surface area contributed by atoms with Crippen LogP contribution in [0.4, 0.5) is 0 Å². The van der Waals surface area contributed by atoms with E-state index in [2.05, 4.69) is 46.2 Å². The van der Waals surface area contributed by atoms with Crippen molar-refractivity contribution in [2.24, 2.45) is 17.1 Å². The third-order valence-electron chi connectivity index (χ3n) is 3.43. The molecule has 0 aliphatic heterocycles. The fourth-order valence-corrected chi connectivity index (χ4v) is 1.43. The summed E-state index contributed by atoms with van der Waals surface area (Å²) < 4.78 is 0. The van der Waals surface area contributed by atoms with Gasteiger partial charge in [0, 0.05) is 19.6 Å². The lowest BCUT2D eigenvalue weighted by Gasteiger charge is -2.35. The minimum absolute atomic E-state index is 0.211. The highest BCUT2D eigenvalue weighted by Gasteiger charge is 2.27. The molecule has 0 aromatic rings. The molecular formula is C14H32N2. The molecule has 16 heavy (non-hydrogen) atoms. The molecule has 2 nitrogen and oxygen atoms in total. The molecule has 0 aliphatic rings. The maximum Gasteiger partial charge on any atom is 0.0102 e. The van der Waals surface area contributed by atoms with Gasteiger partial charge in [0.15, 0.2) is 0 Å². The molecule has 1 unspecified atom stereocenters. The molecule has 0 heterocycles. The van der Waals surface area contributed by atoms with Gasteiger partial charge < -0.3 is 10.6 Å². The van der Waals surface area contributed by atoms with Crippen molar-refractivity contribution < 1.29 is 0 Å². The summed E-state index contributed by atoms with van der Waals surface area (Å²) in [5.41, 5.74) is 6.98. The number of rotatable bonds is 6. The lowest BCUT2D eigenvalue weighted by atomic mass is 9.75. The first-order valence-corrected chi connectivity index (χ1v) is 6.37. The lowest BCUT2D eigenvalue weighted by Crippen LogP contribution is -2.35. The van der Waals surface area contributed by atoms with Gasteiger partial charge in [0.2, 0.25) is 0 Å². The van der Waals surface area contributed by atoms with Gasteiger partial charge >= 0.3 is 0 Å². The molecule has 0 aromatic carbocycles. The maximum absolute atomic E-state index is 5.51. The molecule has 0 aromatic heterocycles. The molecule has 0 fully saturated rings. The quantitative estimate of drug-likeness (QED) is 0.708. The van der Waals surface area contributed by atoms with Crippen molar-refractivity contribution in [3.8, 4) is 0 Å². The summed E-state index contributed by atoms with van der Waals surface area (Å²) in [6.07, 6.45) is 0. The van der Waals surface area contributed by atoms with Crippen LogP contribution >= 0.6 is 0 Å². The van der Waals surface area contributed by atoms with Gasteiger partial charge in [-0.25, -0.2) is 0 Å². The average molecular weight is 228 g/mol. The van der Waals surface area contributed by atoms with Crippen LogP contribution in [-0.4, -0.2) is 31.6 Å². The minimum Gasteiger partial charge on any atom is -0.329 e. The van der Waals surface area contributed by atoms with Crippen LogP contribution < -0.4 is 5.73 Å². The van der Waals surface area contributed by atoms with Crippen molar-refractivity contribution in [1.29, 1.82) is 0 Å². The number of nitrogens with zero attached hydrogens (tertiary/aromatic N) is 1. The van der Waals surface area contributed by atoms with Crippen molar-refractivity contribution >= 4 is 0 Å². The summed E-state index contributed by atoms with van der Waals surface area (Å²) in [4.78, 5) is 2.29. The number of hydrogen-bond donors (Lipinski definition) is 1. The average Bonchev–Trinajstić information content (AvgIpc) is 2.20. The predicted molar refractivity (Wildman–Crippen MR) is 75.7 cm³/mol. The molecule has 0 bridgehead atoms. The molecule has 0 radical (unpaired) electrons. The van der Waals surface area contributed by atoms with Crippen molar-refractivity contribution in [1.82, 2.24) is 4.90 Å². The van der Waals surface area contributed by atoms with E-state index in [1.165, 1.54) is 5.57 Å². The van der Waals surface area contributed by atoms with Gasteiger partial charge in [0.05, 0.1) is 0 Å². The van der Waals surface area contributed by atoms with E-state index in [1.54, 1.807) is 0 Å². The number of likely N-dealkylation sites (N-methyl/N-ethyl adjacent to an activating group) is 1. The Hall–Kier alpha value is -0.340. The third kappa shape index (κ3) is 6.29. The fraction of sp³-hybridized carbons (Fsp3) is 0.857. The molecule has 0 rings (SSSR count).